The van der Waals surface area contributed by atoms with Gasteiger partial charge in [-0.1, -0.05) is 12.8 Å². The number of nitrogens with one attached hydrogen (secondary N) is 1. The molecular formula is C14H28N+. The van der Waals surface area contributed by atoms with Crippen LogP contribution >= 0.6 is 0 Å². The van der Waals surface area contributed by atoms with E-state index in [1.165, 1.54) is 70.8 Å². The smallest absolute Gasteiger partial charge is 0.0876 e. The molecule has 2 aliphatic carbocycles. The van der Waals surface area contributed by atoms with Crippen molar-refractivity contribution >= 4 is 0 Å². The third-order valence-corrected chi connectivity index (χ3v) is 4.67. The van der Waals surface area contributed by atoms with Gasteiger partial charge in [0.25, 0.3) is 0 Å². The predicted octanol–water partition coefficient (Wildman–Crippen LogP) is 2.56. The van der Waals surface area contributed by atoms with Gasteiger partial charge >= 0.3 is 0 Å². The summed E-state index contributed by atoms with van der Waals surface area (Å²) in [5.74, 6) is 0. The Morgan fingerprint density at radius 1 is 0.733 bits per heavy atom. The van der Waals surface area contributed by atoms with E-state index in [0.717, 1.165) is 12.1 Å². The molecule has 0 aromatic rings. The Labute approximate surface area is 95.2 Å². The van der Waals surface area contributed by atoms with Crippen molar-refractivity contribution in [3.05, 3.63) is 0 Å². The summed E-state index contributed by atoms with van der Waals surface area (Å²) in [6.07, 6.45) is 15.1. The lowest BCUT2D eigenvalue weighted by atomic mass is 9.89. The average molecular weight is 210 g/mol. The molecule has 0 bridgehead atoms. The van der Waals surface area contributed by atoms with E-state index in [2.05, 4.69) is 6.92 Å². The first kappa shape index (κ1) is 11.4. The first-order chi connectivity index (χ1) is 7.42. The zero-order chi connectivity index (χ0) is 10.5. The van der Waals surface area contributed by atoms with Crippen molar-refractivity contribution in [3.63, 3.8) is 0 Å². The maximum absolute atomic E-state index is 2.40. The van der Waals surface area contributed by atoms with Crippen LogP contribution in [0, 0.1) is 0 Å². The third kappa shape index (κ3) is 2.96. The van der Waals surface area contributed by atoms with E-state index in [0.29, 0.717) is 0 Å². The molecule has 0 spiro atoms. The summed E-state index contributed by atoms with van der Waals surface area (Å²) in [6, 6.07) is 2.04. The minimum Gasteiger partial charge on any atom is -0.330 e. The van der Waals surface area contributed by atoms with Gasteiger partial charge in [-0.2, -0.15) is 0 Å². The van der Waals surface area contributed by atoms with E-state index in [1.54, 1.807) is 0 Å². The van der Waals surface area contributed by atoms with Crippen LogP contribution in [0.2, 0.25) is 0 Å². The van der Waals surface area contributed by atoms with Crippen LogP contribution in [-0.4, -0.2) is 18.6 Å². The third-order valence-electron chi connectivity index (χ3n) is 4.67. The van der Waals surface area contributed by atoms with Gasteiger partial charge in [-0.05, 0) is 58.3 Å². The van der Waals surface area contributed by atoms with Crippen molar-refractivity contribution in [2.45, 2.75) is 83.2 Å². The summed E-state index contributed by atoms with van der Waals surface area (Å²) in [4.78, 5) is 1.97. The minimum atomic E-state index is 1.02. The SMILES string of the molecule is CC[NH+](C1CCCCC1)C1CCCCC1. The van der Waals surface area contributed by atoms with Crippen molar-refractivity contribution in [2.24, 2.45) is 0 Å². The summed E-state index contributed by atoms with van der Waals surface area (Å²) < 4.78 is 0. The van der Waals surface area contributed by atoms with Crippen molar-refractivity contribution in [1.29, 1.82) is 0 Å². The Kier molecular flexibility index (Phi) is 4.49. The molecule has 0 radical (unpaired) electrons. The molecule has 0 amide bonds. The summed E-state index contributed by atoms with van der Waals surface area (Å²) in [6.45, 7) is 3.77. The fourth-order valence-corrected chi connectivity index (χ4v) is 3.86. The molecule has 15 heavy (non-hydrogen) atoms. The second kappa shape index (κ2) is 5.89. The fourth-order valence-electron chi connectivity index (χ4n) is 3.86. The van der Waals surface area contributed by atoms with Gasteiger partial charge in [0.15, 0.2) is 0 Å². The molecule has 0 heterocycles. The maximum atomic E-state index is 2.40. The molecule has 2 rings (SSSR count). The van der Waals surface area contributed by atoms with Gasteiger partial charge in [0.05, 0.1) is 18.6 Å². The van der Waals surface area contributed by atoms with E-state index in [4.69, 9.17) is 0 Å². The van der Waals surface area contributed by atoms with Gasteiger partial charge in [-0.15, -0.1) is 0 Å². The highest BCUT2D eigenvalue weighted by atomic mass is 15.2. The van der Waals surface area contributed by atoms with E-state index < -0.39 is 0 Å². The quantitative estimate of drug-likeness (QED) is 0.730. The topological polar surface area (TPSA) is 4.44 Å². The Bertz CT molecular complexity index is 148. The first-order valence-electron chi connectivity index (χ1n) is 7.27. The van der Waals surface area contributed by atoms with Gasteiger partial charge in [-0.3, -0.25) is 0 Å². The van der Waals surface area contributed by atoms with Gasteiger partial charge in [0, 0.05) is 0 Å². The predicted molar refractivity (Wildman–Crippen MR) is 65.2 cm³/mol. The minimum absolute atomic E-state index is 1.02. The van der Waals surface area contributed by atoms with Gasteiger partial charge in [-0.25, -0.2) is 0 Å². The van der Waals surface area contributed by atoms with Crippen molar-refractivity contribution in [2.75, 3.05) is 6.54 Å². The fraction of sp³-hybridized carbons (Fsp3) is 1.00. The van der Waals surface area contributed by atoms with Crippen molar-refractivity contribution in [3.8, 4) is 0 Å². The van der Waals surface area contributed by atoms with Crippen LogP contribution in [0.4, 0.5) is 0 Å². The van der Waals surface area contributed by atoms with Crippen molar-refractivity contribution in [1.82, 2.24) is 0 Å². The Balaban J connectivity index is 1.88. The second-order valence-corrected chi connectivity index (χ2v) is 5.60. The molecule has 0 atom stereocenters. The van der Waals surface area contributed by atoms with Crippen LogP contribution in [0.3, 0.4) is 0 Å². The summed E-state index contributed by atoms with van der Waals surface area (Å²) in [5, 5.41) is 0. The van der Waals surface area contributed by atoms with Crippen LogP contribution in [0.25, 0.3) is 0 Å². The Morgan fingerprint density at radius 2 is 1.13 bits per heavy atom. The lowest BCUT2D eigenvalue weighted by Crippen LogP contribution is -3.19. The van der Waals surface area contributed by atoms with Crippen LogP contribution < -0.4 is 4.90 Å². The number of hydrogen-bond acceptors (Lipinski definition) is 0. The molecule has 0 saturated heterocycles. The van der Waals surface area contributed by atoms with Gasteiger partial charge in [0.2, 0.25) is 0 Å². The molecule has 0 aromatic heterocycles. The zero-order valence-electron chi connectivity index (χ0n) is 10.4. The number of rotatable bonds is 3. The zero-order valence-corrected chi connectivity index (χ0v) is 10.4. The molecule has 0 unspecified atom stereocenters. The molecule has 2 saturated carbocycles. The van der Waals surface area contributed by atoms with Gasteiger partial charge < -0.3 is 4.90 Å². The monoisotopic (exact) mass is 210 g/mol. The van der Waals surface area contributed by atoms with Crippen LogP contribution in [-0.2, 0) is 0 Å². The number of hydrogen-bond donors (Lipinski definition) is 1. The highest BCUT2D eigenvalue weighted by molar-refractivity contribution is 4.69. The first-order valence-corrected chi connectivity index (χ1v) is 7.27. The lowest BCUT2D eigenvalue weighted by molar-refractivity contribution is -0.950. The highest BCUT2D eigenvalue weighted by Crippen LogP contribution is 2.19. The van der Waals surface area contributed by atoms with Crippen LogP contribution in [0.5, 0.6) is 0 Å². The van der Waals surface area contributed by atoms with E-state index in [1.807, 2.05) is 4.90 Å². The molecule has 2 aliphatic rings. The normalized spacial score (nSPS) is 26.0. The molecule has 1 nitrogen and oxygen atoms in total. The standard InChI is InChI=1S/C14H27N/c1-2-15(13-9-5-3-6-10-13)14-11-7-4-8-12-14/h13-14H,2-12H2,1H3/p+1. The maximum Gasteiger partial charge on any atom is 0.0876 e. The molecule has 0 aromatic carbocycles. The largest absolute Gasteiger partial charge is 0.330 e. The molecule has 2 fully saturated rings. The average Bonchev–Trinajstić information content (AvgIpc) is 2.33. The molecule has 1 heteroatoms. The van der Waals surface area contributed by atoms with Crippen LogP contribution in [0.15, 0.2) is 0 Å². The molecule has 0 aliphatic heterocycles. The van der Waals surface area contributed by atoms with Crippen molar-refractivity contribution < 1.29 is 4.90 Å². The number of quaternary nitrogens is 1. The molecule has 1 N–H and O–H groups in total. The highest BCUT2D eigenvalue weighted by Gasteiger charge is 2.30. The lowest BCUT2D eigenvalue weighted by Gasteiger charge is -2.38. The summed E-state index contributed by atoms with van der Waals surface area (Å²) >= 11 is 0. The van der Waals surface area contributed by atoms with Crippen LogP contribution in [0.1, 0.15) is 71.1 Å². The Hall–Kier alpha value is -0.0400. The molecular weight excluding hydrogens is 182 g/mol. The van der Waals surface area contributed by atoms with Gasteiger partial charge in [0.1, 0.15) is 0 Å². The Morgan fingerprint density at radius 3 is 1.47 bits per heavy atom. The second-order valence-electron chi connectivity index (χ2n) is 5.60. The van der Waals surface area contributed by atoms with E-state index >= 15 is 0 Å². The summed E-state index contributed by atoms with van der Waals surface area (Å²) in [7, 11) is 0. The van der Waals surface area contributed by atoms with E-state index in [9.17, 15) is 0 Å². The summed E-state index contributed by atoms with van der Waals surface area (Å²) in [5.41, 5.74) is 0. The molecule has 88 valence electrons. The van der Waals surface area contributed by atoms with E-state index in [-0.39, 0.29) is 0 Å².